The van der Waals surface area contributed by atoms with Gasteiger partial charge in [-0.05, 0) is 31.7 Å². The highest BCUT2D eigenvalue weighted by Gasteiger charge is 2.31. The van der Waals surface area contributed by atoms with Gasteiger partial charge in [-0.3, -0.25) is 4.90 Å². The zero-order valence-corrected chi connectivity index (χ0v) is 12.3. The van der Waals surface area contributed by atoms with Crippen LogP contribution in [-0.4, -0.2) is 64.6 Å². The minimum atomic E-state index is 0.652. The third kappa shape index (κ3) is 6.69. The molecule has 4 nitrogen and oxygen atoms in total. The second-order valence-corrected chi connectivity index (χ2v) is 5.18. The third-order valence-corrected chi connectivity index (χ3v) is 3.53. The Morgan fingerprint density at radius 1 is 1.17 bits per heavy atom. The van der Waals surface area contributed by atoms with E-state index in [-0.39, 0.29) is 0 Å². The maximum absolute atomic E-state index is 5.19. The lowest BCUT2D eigenvalue weighted by Crippen LogP contribution is -2.44. The second-order valence-electron chi connectivity index (χ2n) is 5.18. The predicted octanol–water partition coefficient (Wildman–Crippen LogP) is 1.36. The molecule has 0 radical (unpaired) electrons. The molecule has 0 saturated heterocycles. The summed E-state index contributed by atoms with van der Waals surface area (Å²) in [5.74, 6) is 0.893. The van der Waals surface area contributed by atoms with Gasteiger partial charge < -0.3 is 14.8 Å². The van der Waals surface area contributed by atoms with Crippen molar-refractivity contribution in [2.24, 2.45) is 5.92 Å². The standard InChI is InChI=1S/C14H30N2O2/c1-4-7-15-14(13-5-6-13)12-16(8-10-17-2)9-11-18-3/h13-15H,4-12H2,1-3H3. The maximum atomic E-state index is 5.19. The Kier molecular flexibility index (Phi) is 8.59. The fourth-order valence-corrected chi connectivity index (χ4v) is 2.22. The van der Waals surface area contributed by atoms with Gasteiger partial charge in [-0.15, -0.1) is 0 Å². The van der Waals surface area contributed by atoms with Gasteiger partial charge in [-0.2, -0.15) is 0 Å². The molecule has 1 atom stereocenters. The Bertz CT molecular complexity index is 190. The topological polar surface area (TPSA) is 33.7 Å². The average molecular weight is 258 g/mol. The summed E-state index contributed by atoms with van der Waals surface area (Å²) in [6.45, 7) is 8.07. The molecule has 1 aliphatic rings. The van der Waals surface area contributed by atoms with E-state index in [9.17, 15) is 0 Å². The minimum absolute atomic E-state index is 0.652. The molecular weight excluding hydrogens is 228 g/mol. The molecule has 18 heavy (non-hydrogen) atoms. The fourth-order valence-electron chi connectivity index (χ4n) is 2.22. The first-order chi connectivity index (χ1) is 8.81. The second kappa shape index (κ2) is 9.73. The number of nitrogens with zero attached hydrogens (tertiary/aromatic N) is 1. The maximum Gasteiger partial charge on any atom is 0.0589 e. The molecule has 0 aromatic rings. The molecule has 0 aliphatic heterocycles. The Morgan fingerprint density at radius 3 is 2.22 bits per heavy atom. The first kappa shape index (κ1) is 15.9. The highest BCUT2D eigenvalue weighted by Crippen LogP contribution is 2.33. The lowest BCUT2D eigenvalue weighted by atomic mass is 10.1. The van der Waals surface area contributed by atoms with Crippen molar-refractivity contribution in [2.75, 3.05) is 53.6 Å². The van der Waals surface area contributed by atoms with Crippen molar-refractivity contribution in [3.8, 4) is 0 Å². The van der Waals surface area contributed by atoms with Gasteiger partial charge in [0.15, 0.2) is 0 Å². The van der Waals surface area contributed by atoms with Gasteiger partial charge in [0.1, 0.15) is 0 Å². The van der Waals surface area contributed by atoms with Crippen molar-refractivity contribution in [1.29, 1.82) is 0 Å². The molecule has 108 valence electrons. The van der Waals surface area contributed by atoms with Gasteiger partial charge >= 0.3 is 0 Å². The van der Waals surface area contributed by atoms with E-state index in [0.29, 0.717) is 6.04 Å². The summed E-state index contributed by atoms with van der Waals surface area (Å²) in [4.78, 5) is 2.46. The van der Waals surface area contributed by atoms with Crippen molar-refractivity contribution < 1.29 is 9.47 Å². The zero-order chi connectivity index (χ0) is 13.2. The van der Waals surface area contributed by atoms with E-state index in [1.165, 1.54) is 19.3 Å². The van der Waals surface area contributed by atoms with Crippen LogP contribution in [0, 0.1) is 5.92 Å². The average Bonchev–Trinajstić information content (AvgIpc) is 3.21. The monoisotopic (exact) mass is 258 g/mol. The molecule has 0 heterocycles. The molecule has 0 bridgehead atoms. The van der Waals surface area contributed by atoms with Gasteiger partial charge in [-0.1, -0.05) is 6.92 Å². The van der Waals surface area contributed by atoms with Crippen LogP contribution in [0.3, 0.4) is 0 Å². The molecule has 0 amide bonds. The van der Waals surface area contributed by atoms with E-state index in [4.69, 9.17) is 9.47 Å². The first-order valence-electron chi connectivity index (χ1n) is 7.25. The van der Waals surface area contributed by atoms with Crippen LogP contribution in [0.25, 0.3) is 0 Å². The van der Waals surface area contributed by atoms with Crippen LogP contribution >= 0.6 is 0 Å². The van der Waals surface area contributed by atoms with E-state index in [2.05, 4.69) is 17.1 Å². The lowest BCUT2D eigenvalue weighted by Gasteiger charge is -2.28. The van der Waals surface area contributed by atoms with E-state index in [1.807, 2.05) is 0 Å². The van der Waals surface area contributed by atoms with Crippen LogP contribution < -0.4 is 5.32 Å². The van der Waals surface area contributed by atoms with Crippen LogP contribution in [0.1, 0.15) is 26.2 Å². The van der Waals surface area contributed by atoms with Crippen LogP contribution in [0.4, 0.5) is 0 Å². The molecule has 1 fully saturated rings. The summed E-state index contributed by atoms with van der Waals surface area (Å²) in [5, 5.41) is 3.69. The SMILES string of the molecule is CCCNC(CN(CCOC)CCOC)C1CC1. The van der Waals surface area contributed by atoms with Crippen molar-refractivity contribution in [1.82, 2.24) is 10.2 Å². The highest BCUT2D eigenvalue weighted by atomic mass is 16.5. The summed E-state index contributed by atoms with van der Waals surface area (Å²) in [5.41, 5.74) is 0. The number of nitrogens with one attached hydrogen (secondary N) is 1. The summed E-state index contributed by atoms with van der Waals surface area (Å²) < 4.78 is 10.4. The van der Waals surface area contributed by atoms with Crippen molar-refractivity contribution in [2.45, 2.75) is 32.2 Å². The van der Waals surface area contributed by atoms with Crippen molar-refractivity contribution >= 4 is 0 Å². The van der Waals surface area contributed by atoms with Crippen molar-refractivity contribution in [3.63, 3.8) is 0 Å². The van der Waals surface area contributed by atoms with Gasteiger partial charge in [0.05, 0.1) is 13.2 Å². The third-order valence-electron chi connectivity index (χ3n) is 3.53. The number of methoxy groups -OCH3 is 2. The number of rotatable bonds is 12. The van der Waals surface area contributed by atoms with Crippen LogP contribution in [0.2, 0.25) is 0 Å². The first-order valence-corrected chi connectivity index (χ1v) is 7.25. The van der Waals surface area contributed by atoms with Crippen LogP contribution in [-0.2, 0) is 9.47 Å². The zero-order valence-electron chi connectivity index (χ0n) is 12.3. The summed E-state index contributed by atoms with van der Waals surface area (Å²) in [6, 6.07) is 0.652. The van der Waals surface area contributed by atoms with Crippen LogP contribution in [0.15, 0.2) is 0 Å². The fraction of sp³-hybridized carbons (Fsp3) is 1.00. The van der Waals surface area contributed by atoms with Gasteiger partial charge in [0.2, 0.25) is 0 Å². The minimum Gasteiger partial charge on any atom is -0.383 e. The van der Waals surface area contributed by atoms with Gasteiger partial charge in [0, 0.05) is 39.9 Å². The van der Waals surface area contributed by atoms with Crippen molar-refractivity contribution in [3.05, 3.63) is 0 Å². The largest absolute Gasteiger partial charge is 0.383 e. The lowest BCUT2D eigenvalue weighted by molar-refractivity contribution is 0.105. The Morgan fingerprint density at radius 2 is 1.78 bits per heavy atom. The normalized spacial score (nSPS) is 17.3. The Labute approximate surface area is 112 Å². The quantitative estimate of drug-likeness (QED) is 0.573. The predicted molar refractivity (Wildman–Crippen MR) is 75.0 cm³/mol. The molecule has 4 heteroatoms. The molecule has 1 saturated carbocycles. The highest BCUT2D eigenvalue weighted by molar-refractivity contribution is 4.88. The molecular formula is C14H30N2O2. The number of hydrogen-bond acceptors (Lipinski definition) is 4. The Hall–Kier alpha value is -0.160. The summed E-state index contributed by atoms with van der Waals surface area (Å²) in [7, 11) is 3.53. The smallest absolute Gasteiger partial charge is 0.0589 e. The number of hydrogen-bond donors (Lipinski definition) is 1. The van der Waals surface area contributed by atoms with Gasteiger partial charge in [0.25, 0.3) is 0 Å². The van der Waals surface area contributed by atoms with E-state index >= 15 is 0 Å². The number of ether oxygens (including phenoxy) is 2. The summed E-state index contributed by atoms with van der Waals surface area (Å²) in [6.07, 6.45) is 3.99. The molecule has 1 aliphatic carbocycles. The molecule has 0 aromatic heterocycles. The Balaban J connectivity index is 2.33. The molecule has 1 N–H and O–H groups in total. The van der Waals surface area contributed by atoms with E-state index in [1.54, 1.807) is 14.2 Å². The van der Waals surface area contributed by atoms with Gasteiger partial charge in [-0.25, -0.2) is 0 Å². The summed E-state index contributed by atoms with van der Waals surface area (Å²) >= 11 is 0. The molecule has 0 spiro atoms. The molecule has 0 aromatic carbocycles. The van der Waals surface area contributed by atoms with E-state index < -0.39 is 0 Å². The van der Waals surface area contributed by atoms with Crippen LogP contribution in [0.5, 0.6) is 0 Å². The van der Waals surface area contributed by atoms with E-state index in [0.717, 1.165) is 45.3 Å². The molecule has 1 unspecified atom stereocenters. The molecule has 1 rings (SSSR count).